The molecular weight excluding hydrogens is 439 g/mol. The monoisotopic (exact) mass is 464 g/mol. The minimum absolute atomic E-state index is 0.0309. The molecule has 3 heterocycles. The van der Waals surface area contributed by atoms with Crippen LogP contribution in [-0.2, 0) is 14.2 Å². The zero-order valence-electron chi connectivity index (χ0n) is 18.1. The van der Waals surface area contributed by atoms with Crippen molar-refractivity contribution in [1.29, 1.82) is 0 Å². The maximum atomic E-state index is 15.0. The zero-order valence-corrected chi connectivity index (χ0v) is 18.1. The summed E-state index contributed by atoms with van der Waals surface area (Å²) < 4.78 is 43.7. The van der Waals surface area contributed by atoms with Crippen LogP contribution in [0.1, 0.15) is 6.23 Å². The zero-order chi connectivity index (χ0) is 23.5. The van der Waals surface area contributed by atoms with Gasteiger partial charge in [-0.05, 0) is 12.1 Å². The first-order chi connectivity index (χ1) is 15.9. The van der Waals surface area contributed by atoms with E-state index in [0.29, 0.717) is 17.2 Å². The molecule has 1 aromatic carbocycles. The number of halogens is 1. The Kier molecular flexibility index (Phi) is 6.62. The molecule has 5 N–H and O–H groups in total. The van der Waals surface area contributed by atoms with Crippen LogP contribution in [0.2, 0.25) is 0 Å². The minimum Gasteiger partial charge on any atom is -0.489 e. The molecule has 0 spiro atoms. The van der Waals surface area contributed by atoms with Gasteiger partial charge in [-0.25, -0.2) is 9.18 Å². The van der Waals surface area contributed by atoms with Crippen LogP contribution in [-0.4, -0.2) is 67.9 Å². The smallest absolute Gasteiger partial charge is 0.352 e. The minimum atomic E-state index is -1.61. The third-order valence-corrected chi connectivity index (χ3v) is 5.16. The van der Waals surface area contributed by atoms with Crippen molar-refractivity contribution in [1.82, 2.24) is 9.55 Å². The Labute approximate surface area is 188 Å². The number of methoxy groups -OCH3 is 2. The molecule has 0 amide bonds. The lowest BCUT2D eigenvalue weighted by Crippen LogP contribution is -2.35. The average molecular weight is 464 g/mol. The van der Waals surface area contributed by atoms with Gasteiger partial charge in [-0.3, -0.25) is 9.56 Å². The summed E-state index contributed by atoms with van der Waals surface area (Å²) in [5.41, 5.74) is 10.4. The second-order valence-electron chi connectivity index (χ2n) is 7.32. The number of para-hydroxylation sites is 1. The molecule has 0 aliphatic carbocycles. The molecule has 0 saturated carbocycles. The second kappa shape index (κ2) is 9.60. The van der Waals surface area contributed by atoms with Gasteiger partial charge in [-0.2, -0.15) is 4.98 Å². The summed E-state index contributed by atoms with van der Waals surface area (Å²) >= 11 is 0. The highest BCUT2D eigenvalue weighted by atomic mass is 19.1. The van der Waals surface area contributed by atoms with E-state index < -0.39 is 30.3 Å². The Bertz CT molecular complexity index is 1090. The highest BCUT2D eigenvalue weighted by Crippen LogP contribution is 2.45. The van der Waals surface area contributed by atoms with Crippen LogP contribution in [0.25, 0.3) is 0 Å². The number of ether oxygens (including phenoxy) is 5. The number of rotatable bonds is 8. The predicted molar refractivity (Wildman–Crippen MR) is 116 cm³/mol. The number of guanidine groups is 1. The maximum Gasteiger partial charge on any atom is 0.352 e. The van der Waals surface area contributed by atoms with E-state index in [1.807, 2.05) is 0 Å². The van der Waals surface area contributed by atoms with Gasteiger partial charge in [0.05, 0.1) is 19.3 Å². The van der Waals surface area contributed by atoms with Crippen molar-refractivity contribution in [2.24, 2.45) is 16.5 Å². The molecule has 1 saturated heterocycles. The summed E-state index contributed by atoms with van der Waals surface area (Å²) in [5.74, 6) is 1.25. The average Bonchev–Trinajstić information content (AvgIpc) is 3.10. The number of hydrogen-bond acceptors (Lipinski definition) is 9. The number of benzene rings is 1. The van der Waals surface area contributed by atoms with Gasteiger partial charge in [0.1, 0.15) is 30.3 Å². The van der Waals surface area contributed by atoms with Crippen LogP contribution in [0, 0.1) is 0 Å². The predicted octanol–water partition coefficient (Wildman–Crippen LogP) is 0.642. The fraction of sp³-hybridized carbons (Fsp3) is 0.450. The maximum absolute atomic E-state index is 15.0. The van der Waals surface area contributed by atoms with E-state index in [1.165, 1.54) is 20.4 Å². The van der Waals surface area contributed by atoms with Crippen LogP contribution in [0.3, 0.4) is 0 Å². The first kappa shape index (κ1) is 22.8. The summed E-state index contributed by atoms with van der Waals surface area (Å²) in [6, 6.07) is 5.17. The van der Waals surface area contributed by atoms with Crippen molar-refractivity contribution in [2.75, 3.05) is 39.3 Å². The lowest BCUT2D eigenvalue weighted by Gasteiger charge is -2.24. The molecule has 0 bridgehead atoms. The highest BCUT2D eigenvalue weighted by Gasteiger charge is 2.47. The SMILES string of the molecule is COC[C@H]1O[C@@H](n2cc3c(nc2=O)Nc2c(OCCN=C(N)N)cccc2O3)[C@H](F)[C@@H]1OC. The van der Waals surface area contributed by atoms with E-state index in [4.69, 9.17) is 35.2 Å². The van der Waals surface area contributed by atoms with E-state index >= 15 is 4.39 Å². The highest BCUT2D eigenvalue weighted by molar-refractivity contribution is 5.77. The standard InChI is InChI=1S/C20H25FN6O6/c1-29-9-13-16(30-2)14(21)18(33-13)27-8-12-17(26-20(27)28)25-15-10(4-3-5-11(15)32-12)31-7-6-24-19(22)23/h3-5,8,13-14,16,18H,6-7,9H2,1-2H3,(H4,22,23,24)(H,25,26,28)/t13-,14-,16-,18-/m1/s1. The van der Waals surface area contributed by atoms with Crippen molar-refractivity contribution < 1.29 is 28.1 Å². The van der Waals surface area contributed by atoms with Crippen molar-refractivity contribution in [3.8, 4) is 17.2 Å². The third kappa shape index (κ3) is 4.55. The Balaban J connectivity index is 1.57. The first-order valence-corrected chi connectivity index (χ1v) is 10.1. The van der Waals surface area contributed by atoms with Crippen LogP contribution < -0.4 is 31.9 Å². The van der Waals surface area contributed by atoms with E-state index in [2.05, 4.69) is 15.3 Å². The van der Waals surface area contributed by atoms with Crippen molar-refractivity contribution in [3.63, 3.8) is 0 Å². The summed E-state index contributed by atoms with van der Waals surface area (Å²) in [7, 11) is 2.85. The molecule has 1 aromatic heterocycles. The fourth-order valence-electron chi connectivity index (χ4n) is 3.70. The van der Waals surface area contributed by atoms with Gasteiger partial charge >= 0.3 is 5.69 Å². The lowest BCUT2D eigenvalue weighted by atomic mass is 10.1. The van der Waals surface area contributed by atoms with Crippen LogP contribution in [0.4, 0.5) is 15.9 Å². The number of alkyl halides is 1. The molecule has 2 aliphatic heterocycles. The molecule has 12 nitrogen and oxygen atoms in total. The Morgan fingerprint density at radius 1 is 1.33 bits per heavy atom. The summed E-state index contributed by atoms with van der Waals surface area (Å²) in [6.07, 6.45) is -3.07. The third-order valence-electron chi connectivity index (χ3n) is 5.16. The summed E-state index contributed by atoms with van der Waals surface area (Å²) in [6.45, 7) is 0.600. The lowest BCUT2D eigenvalue weighted by molar-refractivity contribution is -0.0625. The van der Waals surface area contributed by atoms with Crippen LogP contribution >= 0.6 is 0 Å². The number of anilines is 2. The molecular formula is C20H25FN6O6. The van der Waals surface area contributed by atoms with E-state index in [9.17, 15) is 4.79 Å². The number of aromatic nitrogens is 2. The van der Waals surface area contributed by atoms with E-state index in [-0.39, 0.29) is 37.3 Å². The van der Waals surface area contributed by atoms with Gasteiger partial charge in [0.25, 0.3) is 0 Å². The topological polar surface area (TPSA) is 157 Å². The molecule has 33 heavy (non-hydrogen) atoms. The molecule has 0 unspecified atom stereocenters. The van der Waals surface area contributed by atoms with Crippen molar-refractivity contribution in [2.45, 2.75) is 24.6 Å². The normalized spacial score (nSPS) is 23.1. The molecule has 0 radical (unpaired) electrons. The van der Waals surface area contributed by atoms with Gasteiger partial charge in [0, 0.05) is 14.2 Å². The summed E-state index contributed by atoms with van der Waals surface area (Å²) in [4.78, 5) is 20.6. The first-order valence-electron chi connectivity index (χ1n) is 10.1. The quantitative estimate of drug-likeness (QED) is 0.245. The van der Waals surface area contributed by atoms with E-state index in [0.717, 1.165) is 4.57 Å². The number of nitrogens with one attached hydrogen (secondary N) is 1. The van der Waals surface area contributed by atoms with Crippen molar-refractivity contribution in [3.05, 3.63) is 34.9 Å². The van der Waals surface area contributed by atoms with Crippen LogP contribution in [0.5, 0.6) is 17.2 Å². The van der Waals surface area contributed by atoms with Gasteiger partial charge < -0.3 is 40.5 Å². The van der Waals surface area contributed by atoms with E-state index in [1.54, 1.807) is 18.2 Å². The molecule has 4 rings (SSSR count). The van der Waals surface area contributed by atoms with Crippen LogP contribution in [0.15, 0.2) is 34.2 Å². The second-order valence-corrected chi connectivity index (χ2v) is 7.32. The molecule has 2 aliphatic rings. The summed E-state index contributed by atoms with van der Waals surface area (Å²) in [5, 5.41) is 3.04. The van der Waals surface area contributed by atoms with Crippen molar-refractivity contribution >= 4 is 17.5 Å². The van der Waals surface area contributed by atoms with Gasteiger partial charge in [-0.15, -0.1) is 0 Å². The fourth-order valence-corrected chi connectivity index (χ4v) is 3.70. The van der Waals surface area contributed by atoms with Gasteiger partial charge in [-0.1, -0.05) is 6.07 Å². The molecule has 1 fully saturated rings. The number of nitrogens with two attached hydrogens (primary N) is 2. The number of nitrogens with zero attached hydrogens (tertiary/aromatic N) is 3. The van der Waals surface area contributed by atoms with Gasteiger partial charge in [0.2, 0.25) is 0 Å². The number of aliphatic imine (C=N–C) groups is 1. The number of fused-ring (bicyclic) bond motifs is 2. The largest absolute Gasteiger partial charge is 0.489 e. The molecule has 2 aromatic rings. The molecule has 4 atom stereocenters. The van der Waals surface area contributed by atoms with Gasteiger partial charge in [0.15, 0.2) is 35.7 Å². The number of hydrogen-bond donors (Lipinski definition) is 3. The Hall–Kier alpha value is -3.42. The molecule has 178 valence electrons. The Morgan fingerprint density at radius 2 is 2.15 bits per heavy atom. The molecule has 13 heteroatoms. The Morgan fingerprint density at radius 3 is 2.88 bits per heavy atom.